The number of amides is 1. The molecule has 2 aromatic rings. The Kier molecular flexibility index (Phi) is 6.85. The summed E-state index contributed by atoms with van der Waals surface area (Å²) >= 11 is 0. The van der Waals surface area contributed by atoms with Crippen LogP contribution in [0.1, 0.15) is 31.7 Å². The molecular weight excluding hydrogens is 286 g/mol. The van der Waals surface area contributed by atoms with Crippen molar-refractivity contribution < 1.29 is 4.79 Å². The molecule has 0 unspecified atom stereocenters. The van der Waals surface area contributed by atoms with E-state index in [1.54, 1.807) is 0 Å². The molecule has 0 aromatic heterocycles. The van der Waals surface area contributed by atoms with Gasteiger partial charge in [-0.05, 0) is 30.5 Å². The molecule has 0 saturated heterocycles. The van der Waals surface area contributed by atoms with Gasteiger partial charge in [-0.3, -0.25) is 4.79 Å². The number of carbonyl (C=O) groups excluding carboxylic acids is 1. The Bertz CT molecular complexity index is 624. The predicted molar refractivity (Wildman–Crippen MR) is 95.6 cm³/mol. The Balaban J connectivity index is 1.92. The van der Waals surface area contributed by atoms with E-state index < -0.39 is 0 Å². The number of hydrogen-bond donors (Lipinski definition) is 2. The van der Waals surface area contributed by atoms with E-state index in [0.29, 0.717) is 0 Å². The highest BCUT2D eigenvalue weighted by Crippen LogP contribution is 2.08. The van der Waals surface area contributed by atoms with Crippen LogP contribution in [0.3, 0.4) is 0 Å². The van der Waals surface area contributed by atoms with Crippen LogP contribution in [-0.2, 0) is 4.79 Å². The van der Waals surface area contributed by atoms with Crippen LogP contribution in [-0.4, -0.2) is 18.2 Å². The monoisotopic (exact) mass is 309 g/mol. The van der Waals surface area contributed by atoms with Crippen LogP contribution in [0.2, 0.25) is 0 Å². The average Bonchev–Trinajstić information content (AvgIpc) is 2.61. The van der Waals surface area contributed by atoms with Gasteiger partial charge in [0.05, 0.1) is 12.3 Å². The van der Waals surface area contributed by atoms with Gasteiger partial charge in [-0.15, -0.1) is 0 Å². The van der Waals surface area contributed by atoms with Crippen LogP contribution in [0.4, 0.5) is 5.69 Å². The number of nitrogens with zero attached hydrogens (tertiary/aromatic N) is 1. The Labute approximate surface area is 137 Å². The third-order valence-electron chi connectivity index (χ3n) is 3.42. The molecule has 0 spiro atoms. The van der Waals surface area contributed by atoms with Gasteiger partial charge in [-0.2, -0.15) is 5.10 Å². The molecule has 0 bridgehead atoms. The summed E-state index contributed by atoms with van der Waals surface area (Å²) in [5.74, 6) is -0.154. The highest BCUT2D eigenvalue weighted by molar-refractivity contribution is 6.01. The van der Waals surface area contributed by atoms with Crippen molar-refractivity contribution in [3.05, 3.63) is 66.2 Å². The average molecular weight is 309 g/mol. The van der Waals surface area contributed by atoms with E-state index in [2.05, 4.69) is 22.8 Å². The fraction of sp³-hybridized carbons (Fsp3) is 0.263. The molecule has 1 amide bonds. The number of nitrogens with one attached hydrogen (secondary N) is 2. The summed E-state index contributed by atoms with van der Waals surface area (Å²) in [5.41, 5.74) is 5.53. The summed E-state index contributed by atoms with van der Waals surface area (Å²) in [4.78, 5) is 11.9. The Hall–Kier alpha value is -2.62. The van der Waals surface area contributed by atoms with Gasteiger partial charge in [0.25, 0.3) is 5.91 Å². The van der Waals surface area contributed by atoms with Crippen molar-refractivity contribution in [2.75, 3.05) is 11.9 Å². The minimum Gasteiger partial charge on any atom is -0.376 e. The third-order valence-corrected chi connectivity index (χ3v) is 3.42. The van der Waals surface area contributed by atoms with Crippen molar-refractivity contribution in [3.63, 3.8) is 0 Å². The molecular formula is C19H23N3O. The Morgan fingerprint density at radius 1 is 1.00 bits per heavy atom. The van der Waals surface area contributed by atoms with E-state index >= 15 is 0 Å². The number of unbranched alkanes of at least 4 members (excludes halogenated alkanes) is 1. The van der Waals surface area contributed by atoms with Gasteiger partial charge in [0, 0.05) is 5.69 Å². The largest absolute Gasteiger partial charge is 0.376 e. The highest BCUT2D eigenvalue weighted by Gasteiger charge is 2.05. The van der Waals surface area contributed by atoms with E-state index in [-0.39, 0.29) is 12.5 Å². The molecule has 23 heavy (non-hydrogen) atoms. The van der Waals surface area contributed by atoms with Crippen molar-refractivity contribution in [1.29, 1.82) is 0 Å². The number of hydrogen-bond acceptors (Lipinski definition) is 3. The molecule has 0 fully saturated rings. The lowest BCUT2D eigenvalue weighted by Gasteiger charge is -2.08. The Morgan fingerprint density at radius 3 is 2.30 bits per heavy atom. The van der Waals surface area contributed by atoms with Crippen LogP contribution >= 0.6 is 0 Å². The summed E-state index contributed by atoms with van der Waals surface area (Å²) < 4.78 is 0. The van der Waals surface area contributed by atoms with Crippen molar-refractivity contribution in [2.45, 2.75) is 26.2 Å². The van der Waals surface area contributed by atoms with Crippen molar-refractivity contribution in [3.8, 4) is 0 Å². The quantitative estimate of drug-likeness (QED) is 0.575. The molecule has 2 N–H and O–H groups in total. The maximum absolute atomic E-state index is 11.9. The van der Waals surface area contributed by atoms with Crippen LogP contribution in [0.25, 0.3) is 0 Å². The first-order valence-electron chi connectivity index (χ1n) is 7.99. The van der Waals surface area contributed by atoms with Crippen LogP contribution < -0.4 is 10.7 Å². The molecule has 0 aliphatic rings. The zero-order valence-corrected chi connectivity index (χ0v) is 13.5. The molecule has 0 heterocycles. The lowest BCUT2D eigenvalue weighted by Crippen LogP contribution is -2.27. The number of rotatable bonds is 8. The van der Waals surface area contributed by atoms with Gasteiger partial charge in [-0.1, -0.05) is 61.9 Å². The molecule has 4 nitrogen and oxygen atoms in total. The summed E-state index contributed by atoms with van der Waals surface area (Å²) in [6.45, 7) is 2.34. The zero-order valence-electron chi connectivity index (χ0n) is 13.5. The lowest BCUT2D eigenvalue weighted by molar-refractivity contribution is -0.119. The maximum Gasteiger partial charge on any atom is 0.259 e. The van der Waals surface area contributed by atoms with Crippen LogP contribution in [0, 0.1) is 0 Å². The first-order valence-corrected chi connectivity index (χ1v) is 7.99. The van der Waals surface area contributed by atoms with Crippen molar-refractivity contribution >= 4 is 17.3 Å². The number of benzene rings is 2. The summed E-state index contributed by atoms with van der Waals surface area (Å²) in [5, 5.41) is 7.39. The second kappa shape index (κ2) is 9.41. The van der Waals surface area contributed by atoms with Gasteiger partial charge in [0.1, 0.15) is 0 Å². The second-order valence-corrected chi connectivity index (χ2v) is 5.28. The van der Waals surface area contributed by atoms with Crippen molar-refractivity contribution in [2.24, 2.45) is 5.10 Å². The third kappa shape index (κ3) is 5.94. The molecule has 0 atom stereocenters. The molecule has 4 heteroatoms. The fourth-order valence-electron chi connectivity index (χ4n) is 2.15. The second-order valence-electron chi connectivity index (χ2n) is 5.28. The molecule has 120 valence electrons. The summed E-state index contributed by atoms with van der Waals surface area (Å²) in [7, 11) is 0. The molecule has 2 rings (SSSR count). The molecule has 0 aliphatic heterocycles. The van der Waals surface area contributed by atoms with Gasteiger partial charge in [0.15, 0.2) is 0 Å². The van der Waals surface area contributed by atoms with Crippen LogP contribution in [0.5, 0.6) is 0 Å². The summed E-state index contributed by atoms with van der Waals surface area (Å²) in [6.07, 6.45) is 2.99. The van der Waals surface area contributed by atoms with Crippen LogP contribution in [0.15, 0.2) is 65.8 Å². The van der Waals surface area contributed by atoms with E-state index in [1.165, 1.54) is 0 Å². The standard InChI is InChI=1S/C19H23N3O/c1-2-3-14-18(16-10-6-4-7-11-16)21-22-19(23)15-20-17-12-8-5-9-13-17/h4-13,20H,2-3,14-15H2,1H3,(H,22,23)/b21-18-. The SMILES string of the molecule is CCCC/C(=N/NC(=O)CNc1ccccc1)c1ccccc1. The van der Waals surface area contributed by atoms with Gasteiger partial charge in [0.2, 0.25) is 0 Å². The van der Waals surface area contributed by atoms with Crippen molar-refractivity contribution in [1.82, 2.24) is 5.43 Å². The molecule has 0 saturated carbocycles. The number of anilines is 1. The van der Waals surface area contributed by atoms with E-state index in [4.69, 9.17) is 0 Å². The smallest absolute Gasteiger partial charge is 0.259 e. The number of para-hydroxylation sites is 1. The van der Waals surface area contributed by atoms with E-state index in [0.717, 1.165) is 36.2 Å². The fourth-order valence-corrected chi connectivity index (χ4v) is 2.15. The topological polar surface area (TPSA) is 53.5 Å². The summed E-state index contributed by atoms with van der Waals surface area (Å²) in [6, 6.07) is 19.6. The van der Waals surface area contributed by atoms with Gasteiger partial charge >= 0.3 is 0 Å². The first kappa shape index (κ1) is 16.7. The minimum atomic E-state index is -0.154. The zero-order chi connectivity index (χ0) is 16.3. The van der Waals surface area contributed by atoms with E-state index in [9.17, 15) is 4.79 Å². The van der Waals surface area contributed by atoms with Gasteiger partial charge < -0.3 is 5.32 Å². The highest BCUT2D eigenvalue weighted by atomic mass is 16.2. The number of carbonyl (C=O) groups is 1. The Morgan fingerprint density at radius 2 is 1.65 bits per heavy atom. The van der Waals surface area contributed by atoms with E-state index in [1.807, 2.05) is 60.7 Å². The predicted octanol–water partition coefficient (Wildman–Crippen LogP) is 3.81. The maximum atomic E-state index is 11.9. The number of hydrazone groups is 1. The first-order chi connectivity index (χ1) is 11.3. The minimum absolute atomic E-state index is 0.154. The molecule has 0 aliphatic carbocycles. The lowest BCUT2D eigenvalue weighted by atomic mass is 10.1. The molecule has 0 radical (unpaired) electrons. The normalized spacial score (nSPS) is 11.1. The van der Waals surface area contributed by atoms with Gasteiger partial charge in [-0.25, -0.2) is 5.43 Å². The molecule has 2 aromatic carbocycles.